The van der Waals surface area contributed by atoms with Gasteiger partial charge in [0.25, 0.3) is 0 Å². The predicted octanol–water partition coefficient (Wildman–Crippen LogP) is 2.36. The fourth-order valence-electron chi connectivity index (χ4n) is 4.11. The molecule has 0 bridgehead atoms. The van der Waals surface area contributed by atoms with Crippen molar-refractivity contribution in [3.63, 3.8) is 0 Å². The molecule has 168 valence electrons. The Morgan fingerprint density at radius 2 is 2.00 bits per heavy atom. The first-order valence-corrected chi connectivity index (χ1v) is 11.4. The lowest BCUT2D eigenvalue weighted by molar-refractivity contribution is -0.0817. The van der Waals surface area contributed by atoms with Gasteiger partial charge < -0.3 is 29.3 Å². The molecule has 0 radical (unpaired) electrons. The highest BCUT2D eigenvalue weighted by Gasteiger charge is 2.32. The monoisotopic (exact) mass is 418 g/mol. The molecule has 2 aliphatic heterocycles. The molecule has 1 aromatic carbocycles. The molecule has 2 aliphatic rings. The topological polar surface area (TPSA) is 58.6 Å². The van der Waals surface area contributed by atoms with Gasteiger partial charge in [-0.25, -0.2) is 0 Å². The zero-order chi connectivity index (χ0) is 21.2. The van der Waals surface area contributed by atoms with Crippen molar-refractivity contribution in [3.8, 4) is 5.75 Å². The van der Waals surface area contributed by atoms with Crippen LogP contribution in [-0.2, 0) is 16.0 Å². The Labute approximate surface area is 181 Å². The minimum atomic E-state index is 0.121. The lowest BCUT2D eigenvalue weighted by atomic mass is 10.1. The van der Waals surface area contributed by atoms with Crippen LogP contribution in [0, 0.1) is 0 Å². The summed E-state index contributed by atoms with van der Waals surface area (Å²) in [6.07, 6.45) is 2.55. The van der Waals surface area contributed by atoms with Crippen LogP contribution in [-0.4, -0.2) is 87.6 Å². The van der Waals surface area contributed by atoms with E-state index >= 15 is 0 Å². The second-order valence-electron chi connectivity index (χ2n) is 7.79. The van der Waals surface area contributed by atoms with Gasteiger partial charge in [-0.3, -0.25) is 4.99 Å². The summed E-state index contributed by atoms with van der Waals surface area (Å²) in [5.74, 6) is 1.84. The third-order valence-electron chi connectivity index (χ3n) is 5.95. The minimum absolute atomic E-state index is 0.121. The van der Waals surface area contributed by atoms with Crippen molar-refractivity contribution < 1.29 is 14.2 Å². The Balaban J connectivity index is 1.53. The fourth-order valence-corrected chi connectivity index (χ4v) is 4.11. The number of benzene rings is 1. The molecule has 0 aromatic heterocycles. The number of morpholine rings is 1. The van der Waals surface area contributed by atoms with Crippen LogP contribution in [0.25, 0.3) is 0 Å². The number of ether oxygens (including phenoxy) is 3. The molecule has 0 saturated carbocycles. The first-order valence-electron chi connectivity index (χ1n) is 11.4. The summed E-state index contributed by atoms with van der Waals surface area (Å²) in [4.78, 5) is 9.16. The summed E-state index contributed by atoms with van der Waals surface area (Å²) in [6, 6.07) is 8.24. The maximum Gasteiger partial charge on any atom is 0.194 e. The third kappa shape index (κ3) is 6.33. The number of guanidine groups is 1. The zero-order valence-electron chi connectivity index (χ0n) is 18.8. The maximum absolute atomic E-state index is 6.10. The molecule has 2 saturated heterocycles. The molecule has 30 heavy (non-hydrogen) atoms. The van der Waals surface area contributed by atoms with Crippen LogP contribution in [0.3, 0.4) is 0 Å². The average molecular weight is 419 g/mol. The predicted molar refractivity (Wildman–Crippen MR) is 120 cm³/mol. The SMILES string of the molecule is CCN(CC)CCOc1ccccc1CNC(=NC)N1CCOC(C2CCCO2)C1. The maximum atomic E-state index is 6.10. The quantitative estimate of drug-likeness (QED) is 0.491. The molecule has 7 heteroatoms. The van der Waals surface area contributed by atoms with Crippen LogP contribution in [0.1, 0.15) is 32.3 Å². The molecule has 1 N–H and O–H groups in total. The zero-order valence-corrected chi connectivity index (χ0v) is 18.8. The number of nitrogens with zero attached hydrogens (tertiary/aromatic N) is 3. The van der Waals surface area contributed by atoms with Crippen LogP contribution >= 0.6 is 0 Å². The summed E-state index contributed by atoms with van der Waals surface area (Å²) >= 11 is 0. The molecule has 2 atom stereocenters. The molecular formula is C23H38N4O3. The minimum Gasteiger partial charge on any atom is -0.492 e. The average Bonchev–Trinajstić information content (AvgIpc) is 3.33. The largest absolute Gasteiger partial charge is 0.492 e. The van der Waals surface area contributed by atoms with E-state index in [2.05, 4.69) is 46.1 Å². The number of likely N-dealkylation sites (N-methyl/N-ethyl adjacent to an activating group) is 1. The van der Waals surface area contributed by atoms with Crippen LogP contribution < -0.4 is 10.1 Å². The summed E-state index contributed by atoms with van der Waals surface area (Å²) in [7, 11) is 1.84. The third-order valence-corrected chi connectivity index (χ3v) is 5.95. The Bertz CT molecular complexity index is 660. The van der Waals surface area contributed by atoms with Crippen LogP contribution in [0.2, 0.25) is 0 Å². The molecule has 3 rings (SSSR count). The molecule has 2 unspecified atom stereocenters. The van der Waals surface area contributed by atoms with Gasteiger partial charge in [0, 0.05) is 45.4 Å². The summed E-state index contributed by atoms with van der Waals surface area (Å²) < 4.78 is 17.9. The van der Waals surface area contributed by atoms with Crippen LogP contribution in [0.4, 0.5) is 0 Å². The van der Waals surface area contributed by atoms with Crippen LogP contribution in [0.15, 0.2) is 29.3 Å². The van der Waals surface area contributed by atoms with Gasteiger partial charge in [-0.1, -0.05) is 32.0 Å². The number of para-hydroxylation sites is 1. The van der Waals surface area contributed by atoms with E-state index in [0.29, 0.717) is 19.8 Å². The normalized spacial score (nSPS) is 22.5. The molecular weight excluding hydrogens is 380 g/mol. The number of hydrogen-bond donors (Lipinski definition) is 1. The van der Waals surface area contributed by atoms with Crippen molar-refractivity contribution in [2.45, 2.75) is 45.4 Å². The van der Waals surface area contributed by atoms with E-state index in [4.69, 9.17) is 14.2 Å². The van der Waals surface area contributed by atoms with E-state index in [0.717, 1.165) is 69.4 Å². The first kappa shape index (κ1) is 22.8. The summed E-state index contributed by atoms with van der Waals surface area (Å²) in [5, 5.41) is 3.52. The van der Waals surface area contributed by atoms with Crippen molar-refractivity contribution in [1.29, 1.82) is 0 Å². The molecule has 7 nitrogen and oxygen atoms in total. The number of nitrogens with one attached hydrogen (secondary N) is 1. The molecule has 0 amide bonds. The lowest BCUT2D eigenvalue weighted by Gasteiger charge is -2.37. The van der Waals surface area contributed by atoms with E-state index in [9.17, 15) is 0 Å². The second kappa shape index (κ2) is 12.1. The first-order chi connectivity index (χ1) is 14.7. The summed E-state index contributed by atoms with van der Waals surface area (Å²) in [5.41, 5.74) is 1.14. The molecule has 1 aromatic rings. The Hall–Kier alpha value is -1.83. The Morgan fingerprint density at radius 3 is 2.73 bits per heavy atom. The molecule has 0 spiro atoms. The standard InChI is InChI=1S/C23H38N4O3/c1-4-26(5-2)12-15-29-20-10-7-6-9-19(20)17-25-23(24-3)27-13-16-30-22(18-27)21-11-8-14-28-21/h6-7,9-10,21-22H,4-5,8,11-18H2,1-3H3,(H,24,25). The van der Waals surface area contributed by atoms with Gasteiger partial charge in [0.15, 0.2) is 5.96 Å². The number of rotatable bonds is 9. The van der Waals surface area contributed by atoms with Crippen molar-refractivity contribution in [2.24, 2.45) is 4.99 Å². The Morgan fingerprint density at radius 1 is 1.20 bits per heavy atom. The van der Waals surface area contributed by atoms with Gasteiger partial charge in [-0.2, -0.15) is 0 Å². The van der Waals surface area contributed by atoms with Gasteiger partial charge in [-0.15, -0.1) is 0 Å². The van der Waals surface area contributed by atoms with E-state index < -0.39 is 0 Å². The molecule has 0 aliphatic carbocycles. The Kier molecular flexibility index (Phi) is 9.24. The van der Waals surface area contributed by atoms with Crippen molar-refractivity contribution >= 4 is 5.96 Å². The second-order valence-corrected chi connectivity index (χ2v) is 7.79. The van der Waals surface area contributed by atoms with Gasteiger partial charge in [0.2, 0.25) is 0 Å². The molecule has 2 fully saturated rings. The smallest absolute Gasteiger partial charge is 0.194 e. The van der Waals surface area contributed by atoms with E-state index in [1.54, 1.807) is 0 Å². The number of hydrogen-bond acceptors (Lipinski definition) is 5. The van der Waals surface area contributed by atoms with E-state index in [1.807, 2.05) is 19.2 Å². The highest BCUT2D eigenvalue weighted by atomic mass is 16.5. The van der Waals surface area contributed by atoms with Crippen molar-refractivity contribution in [1.82, 2.24) is 15.1 Å². The molecule has 2 heterocycles. The van der Waals surface area contributed by atoms with Gasteiger partial charge in [-0.05, 0) is 32.0 Å². The highest BCUT2D eigenvalue weighted by molar-refractivity contribution is 5.80. The highest BCUT2D eigenvalue weighted by Crippen LogP contribution is 2.21. The van der Waals surface area contributed by atoms with E-state index in [1.165, 1.54) is 0 Å². The van der Waals surface area contributed by atoms with Crippen molar-refractivity contribution in [3.05, 3.63) is 29.8 Å². The lowest BCUT2D eigenvalue weighted by Crippen LogP contribution is -2.53. The van der Waals surface area contributed by atoms with Gasteiger partial charge >= 0.3 is 0 Å². The van der Waals surface area contributed by atoms with Gasteiger partial charge in [0.05, 0.1) is 12.7 Å². The van der Waals surface area contributed by atoms with Gasteiger partial charge in [0.1, 0.15) is 18.5 Å². The van der Waals surface area contributed by atoms with Crippen LogP contribution in [0.5, 0.6) is 5.75 Å². The van der Waals surface area contributed by atoms with E-state index in [-0.39, 0.29) is 12.2 Å². The fraction of sp³-hybridized carbons (Fsp3) is 0.696. The summed E-state index contributed by atoms with van der Waals surface area (Å²) in [6.45, 7) is 12.0. The van der Waals surface area contributed by atoms with Crippen molar-refractivity contribution in [2.75, 3.05) is 59.6 Å². The number of aliphatic imine (C=N–C) groups is 1.